The van der Waals surface area contributed by atoms with Crippen LogP contribution in [0.15, 0.2) is 33.5 Å². The second-order valence-corrected chi connectivity index (χ2v) is 5.53. The molecule has 2 aromatic rings. The van der Waals surface area contributed by atoms with Crippen LogP contribution in [-0.2, 0) is 39.8 Å². The fourth-order valence-corrected chi connectivity index (χ4v) is 2.58. The van der Waals surface area contributed by atoms with Gasteiger partial charge in [0, 0.05) is 39.8 Å². The van der Waals surface area contributed by atoms with E-state index >= 15 is 0 Å². The SMILES string of the molecule is Cn1c(-c2ccc(O)cc2Br)[c-]cc(I)c1=O.[Y]. The van der Waals surface area contributed by atoms with Crippen LogP contribution in [0.1, 0.15) is 0 Å². The molecule has 0 atom stereocenters. The third-order valence-corrected chi connectivity index (χ3v) is 3.82. The summed E-state index contributed by atoms with van der Waals surface area (Å²) in [5, 5.41) is 9.34. The number of aromatic hydroxyl groups is 1. The molecule has 0 saturated heterocycles. The Bertz CT molecular complexity index is 642. The third-order valence-electron chi connectivity index (χ3n) is 2.39. The average molecular weight is 494 g/mol. The van der Waals surface area contributed by atoms with E-state index in [-0.39, 0.29) is 44.0 Å². The van der Waals surface area contributed by atoms with Crippen LogP contribution in [-0.4, -0.2) is 9.67 Å². The number of hydrogen-bond donors (Lipinski definition) is 1. The Morgan fingerprint density at radius 2 is 2.11 bits per heavy atom. The van der Waals surface area contributed by atoms with Gasteiger partial charge in [-0.2, -0.15) is 12.1 Å². The predicted molar refractivity (Wildman–Crippen MR) is 78.0 cm³/mol. The van der Waals surface area contributed by atoms with Gasteiger partial charge in [0.15, 0.2) is 0 Å². The smallest absolute Gasteiger partial charge is 0.207 e. The van der Waals surface area contributed by atoms with Gasteiger partial charge >= 0.3 is 0 Å². The Hall–Kier alpha value is 0.284. The number of benzene rings is 1. The van der Waals surface area contributed by atoms with E-state index in [1.165, 1.54) is 0 Å². The summed E-state index contributed by atoms with van der Waals surface area (Å²) in [7, 11) is 1.70. The van der Waals surface area contributed by atoms with Crippen LogP contribution >= 0.6 is 38.5 Å². The molecule has 91 valence electrons. The molecule has 2 rings (SSSR count). The monoisotopic (exact) mass is 493 g/mol. The molecule has 0 spiro atoms. The van der Waals surface area contributed by atoms with E-state index in [1.807, 2.05) is 22.6 Å². The third kappa shape index (κ3) is 3.24. The molecular weight excluding hydrogens is 486 g/mol. The Kier molecular flexibility index (Phi) is 6.02. The number of phenols is 1. The minimum atomic E-state index is -0.0562. The molecule has 0 aliphatic rings. The number of halogens is 2. The van der Waals surface area contributed by atoms with Crippen LogP contribution in [0.3, 0.4) is 0 Å². The van der Waals surface area contributed by atoms with Crippen molar-refractivity contribution in [3.8, 4) is 17.0 Å². The van der Waals surface area contributed by atoms with Crippen LogP contribution in [0.5, 0.6) is 5.75 Å². The quantitative estimate of drug-likeness (QED) is 0.490. The summed E-state index contributed by atoms with van der Waals surface area (Å²) in [6, 6.07) is 9.65. The molecule has 1 heterocycles. The van der Waals surface area contributed by atoms with Crippen molar-refractivity contribution >= 4 is 38.5 Å². The van der Waals surface area contributed by atoms with E-state index in [9.17, 15) is 9.90 Å². The maximum Gasteiger partial charge on any atom is 0.207 e. The molecule has 0 aliphatic heterocycles. The summed E-state index contributed by atoms with van der Waals surface area (Å²) in [6.45, 7) is 0. The van der Waals surface area contributed by atoms with Crippen LogP contribution in [0.25, 0.3) is 11.3 Å². The zero-order valence-electron chi connectivity index (χ0n) is 9.45. The molecule has 1 aromatic heterocycles. The van der Waals surface area contributed by atoms with Crippen molar-refractivity contribution < 1.29 is 37.8 Å². The summed E-state index contributed by atoms with van der Waals surface area (Å²) in [4.78, 5) is 11.8. The fraction of sp³-hybridized carbons (Fsp3) is 0.0833. The molecule has 0 unspecified atom stereocenters. The minimum Gasteiger partial charge on any atom is -0.508 e. The summed E-state index contributed by atoms with van der Waals surface area (Å²) < 4.78 is 2.90. The first-order valence-electron chi connectivity index (χ1n) is 4.77. The molecule has 1 aromatic carbocycles. The number of pyridine rings is 1. The number of nitrogens with zero attached hydrogens (tertiary/aromatic N) is 1. The number of rotatable bonds is 1. The first-order chi connectivity index (χ1) is 8.00. The van der Waals surface area contributed by atoms with Gasteiger partial charge in [-0.25, -0.2) is 0 Å². The van der Waals surface area contributed by atoms with Gasteiger partial charge in [0.2, 0.25) is 5.56 Å². The van der Waals surface area contributed by atoms with E-state index in [1.54, 1.807) is 35.9 Å². The topological polar surface area (TPSA) is 42.2 Å². The fourth-order valence-electron chi connectivity index (χ4n) is 1.51. The van der Waals surface area contributed by atoms with Gasteiger partial charge in [-0.05, 0) is 20.2 Å². The van der Waals surface area contributed by atoms with Gasteiger partial charge in [-0.1, -0.05) is 27.2 Å². The van der Waals surface area contributed by atoms with E-state index in [2.05, 4.69) is 22.0 Å². The number of hydrogen-bond acceptors (Lipinski definition) is 2. The Morgan fingerprint density at radius 1 is 1.44 bits per heavy atom. The van der Waals surface area contributed by atoms with E-state index in [0.29, 0.717) is 9.26 Å². The van der Waals surface area contributed by atoms with Crippen molar-refractivity contribution in [3.63, 3.8) is 0 Å². The van der Waals surface area contributed by atoms with Crippen molar-refractivity contribution in [3.05, 3.63) is 48.7 Å². The molecule has 0 saturated carbocycles. The van der Waals surface area contributed by atoms with Crippen molar-refractivity contribution in [2.45, 2.75) is 0 Å². The zero-order chi connectivity index (χ0) is 12.6. The van der Waals surface area contributed by atoms with Gasteiger partial charge < -0.3 is 9.67 Å². The van der Waals surface area contributed by atoms with Gasteiger partial charge in [-0.15, -0.1) is 28.7 Å². The first-order valence-corrected chi connectivity index (χ1v) is 6.64. The molecule has 1 N–H and O–H groups in total. The van der Waals surface area contributed by atoms with Gasteiger partial charge in [-0.3, -0.25) is 4.79 Å². The number of aromatic nitrogens is 1. The first kappa shape index (κ1) is 16.3. The normalized spacial score (nSPS) is 9.94. The second-order valence-electron chi connectivity index (χ2n) is 3.51. The molecule has 0 fully saturated rings. The molecule has 1 radical (unpaired) electrons. The van der Waals surface area contributed by atoms with E-state index in [4.69, 9.17) is 0 Å². The Balaban J connectivity index is 0.00000162. The van der Waals surface area contributed by atoms with Gasteiger partial charge in [0.25, 0.3) is 0 Å². The van der Waals surface area contributed by atoms with Crippen LogP contribution in [0, 0.1) is 9.64 Å². The second kappa shape index (κ2) is 6.63. The van der Waals surface area contributed by atoms with E-state index < -0.39 is 0 Å². The maximum atomic E-state index is 11.8. The average Bonchev–Trinajstić information content (AvgIpc) is 2.28. The molecule has 3 nitrogen and oxygen atoms in total. The van der Waals surface area contributed by atoms with Crippen molar-refractivity contribution in [1.82, 2.24) is 4.57 Å². The zero-order valence-corrected chi connectivity index (χ0v) is 16.0. The molecule has 0 amide bonds. The van der Waals surface area contributed by atoms with Crippen LogP contribution in [0.2, 0.25) is 0 Å². The van der Waals surface area contributed by atoms with Gasteiger partial charge in [0.1, 0.15) is 5.75 Å². The number of phenolic OH excluding ortho intramolecular Hbond substituents is 1. The van der Waals surface area contributed by atoms with Crippen molar-refractivity contribution in [1.29, 1.82) is 0 Å². The minimum absolute atomic E-state index is 0. The molecule has 0 bridgehead atoms. The largest absolute Gasteiger partial charge is 0.508 e. The Labute approximate surface area is 152 Å². The molecule has 6 heteroatoms. The van der Waals surface area contributed by atoms with Crippen LogP contribution in [0.4, 0.5) is 0 Å². The molecular formula is C12H8BrINO2Y-. The summed E-state index contributed by atoms with van der Waals surface area (Å²) in [6.07, 6.45) is 0. The van der Waals surface area contributed by atoms with Crippen molar-refractivity contribution in [2.75, 3.05) is 0 Å². The maximum absolute atomic E-state index is 11.8. The van der Waals surface area contributed by atoms with E-state index in [0.717, 1.165) is 10.0 Å². The standard InChI is InChI=1S/C12H8BrINO2.Y/c1-15-11(5-4-10(14)12(15)17)8-3-2-7(16)6-9(8)13;/h2-4,6,16H,1H3;/q-1;. The predicted octanol–water partition coefficient (Wildman–Crippen LogP) is 2.92. The summed E-state index contributed by atoms with van der Waals surface area (Å²) in [5.74, 6) is 0.177. The Morgan fingerprint density at radius 3 is 2.72 bits per heavy atom. The van der Waals surface area contributed by atoms with Crippen molar-refractivity contribution in [2.24, 2.45) is 7.05 Å². The van der Waals surface area contributed by atoms with Gasteiger partial charge in [0.05, 0.1) is 0 Å². The molecule has 18 heavy (non-hydrogen) atoms. The van der Waals surface area contributed by atoms with Crippen LogP contribution < -0.4 is 5.56 Å². The molecule has 0 aliphatic carbocycles. The summed E-state index contributed by atoms with van der Waals surface area (Å²) in [5.41, 5.74) is 1.44. The summed E-state index contributed by atoms with van der Waals surface area (Å²) >= 11 is 5.35.